The fraction of sp³-hybridized carbons (Fsp3) is 0.857. The molecule has 12 heavy (non-hydrogen) atoms. The van der Waals surface area contributed by atoms with Gasteiger partial charge in [-0.15, -0.1) is 0 Å². The van der Waals surface area contributed by atoms with E-state index < -0.39 is 12.0 Å². The van der Waals surface area contributed by atoms with Crippen LogP contribution >= 0.6 is 0 Å². The number of carboxylic acid groups (broad SMARTS) is 1. The molecule has 0 unspecified atom stereocenters. The largest absolute Gasteiger partial charge is 0.465 e. The Labute approximate surface area is 68.8 Å². The van der Waals surface area contributed by atoms with Crippen LogP contribution < -0.4 is 5.32 Å². The van der Waals surface area contributed by atoms with Crippen molar-refractivity contribution in [2.75, 3.05) is 0 Å². The van der Waals surface area contributed by atoms with Crippen LogP contribution in [0.1, 0.15) is 25.7 Å². The normalized spacial score (nSPS) is 23.5. The van der Waals surface area contributed by atoms with Gasteiger partial charge in [0.05, 0.1) is 0 Å². The molecule has 0 atom stereocenters. The minimum absolute atomic E-state index is 0.210. The molecule has 2 N–H and O–H groups in total. The van der Waals surface area contributed by atoms with E-state index in [1.165, 1.54) is 0 Å². The molecule has 1 aliphatic rings. The van der Waals surface area contributed by atoms with Crippen molar-refractivity contribution < 1.29 is 18.7 Å². The number of hydrogen-bond donors (Lipinski definition) is 2. The highest BCUT2D eigenvalue weighted by Gasteiger charge is 2.35. The average molecular weight is 179 g/mol. The lowest BCUT2D eigenvalue weighted by Crippen LogP contribution is -2.39. The van der Waals surface area contributed by atoms with E-state index in [-0.39, 0.29) is 31.7 Å². The van der Waals surface area contributed by atoms with Crippen molar-refractivity contribution in [1.82, 2.24) is 5.32 Å². The summed E-state index contributed by atoms with van der Waals surface area (Å²) in [7, 11) is 0. The van der Waals surface area contributed by atoms with Crippen molar-refractivity contribution in [3.63, 3.8) is 0 Å². The molecule has 1 rings (SSSR count). The maximum Gasteiger partial charge on any atom is 0.404 e. The van der Waals surface area contributed by atoms with Gasteiger partial charge in [-0.3, -0.25) is 0 Å². The van der Waals surface area contributed by atoms with Crippen LogP contribution in [0.2, 0.25) is 0 Å². The maximum absolute atomic E-state index is 12.5. The SMILES string of the molecule is O=C(O)NC1CCC(F)(F)CC1. The Hall–Kier alpha value is -0.870. The molecule has 0 aromatic rings. The first kappa shape index (κ1) is 9.22. The molecule has 0 aromatic carbocycles. The van der Waals surface area contributed by atoms with Crippen molar-refractivity contribution in [3.8, 4) is 0 Å². The first-order valence-corrected chi connectivity index (χ1v) is 3.87. The number of amides is 1. The highest BCUT2D eigenvalue weighted by Crippen LogP contribution is 2.32. The lowest BCUT2D eigenvalue weighted by molar-refractivity contribution is -0.0400. The molecule has 1 amide bonds. The number of hydrogen-bond acceptors (Lipinski definition) is 1. The van der Waals surface area contributed by atoms with Gasteiger partial charge in [-0.25, -0.2) is 13.6 Å². The van der Waals surface area contributed by atoms with Gasteiger partial charge in [-0.05, 0) is 12.8 Å². The molecular formula is C7H11F2NO2. The molecule has 0 spiro atoms. The predicted octanol–water partition coefficient (Wildman–Crippen LogP) is 1.83. The van der Waals surface area contributed by atoms with Crippen LogP contribution in [0.25, 0.3) is 0 Å². The zero-order valence-corrected chi connectivity index (χ0v) is 6.52. The molecule has 3 nitrogen and oxygen atoms in total. The smallest absolute Gasteiger partial charge is 0.404 e. The summed E-state index contributed by atoms with van der Waals surface area (Å²) >= 11 is 0. The number of alkyl halides is 2. The Morgan fingerprint density at radius 3 is 2.33 bits per heavy atom. The van der Waals surface area contributed by atoms with E-state index in [0.29, 0.717) is 0 Å². The summed E-state index contributed by atoms with van der Waals surface area (Å²) in [6.45, 7) is 0. The molecule has 0 radical (unpaired) electrons. The van der Waals surface area contributed by atoms with Crippen molar-refractivity contribution in [3.05, 3.63) is 0 Å². The predicted molar refractivity (Wildman–Crippen MR) is 38.4 cm³/mol. The summed E-state index contributed by atoms with van der Waals surface area (Å²) in [5, 5.41) is 10.5. The number of rotatable bonds is 1. The summed E-state index contributed by atoms with van der Waals surface area (Å²) in [6.07, 6.45) is -1.08. The highest BCUT2D eigenvalue weighted by molar-refractivity contribution is 5.64. The minimum Gasteiger partial charge on any atom is -0.465 e. The number of carbonyl (C=O) groups is 1. The van der Waals surface area contributed by atoms with Crippen LogP contribution in [-0.4, -0.2) is 23.2 Å². The Bertz CT molecular complexity index is 174. The van der Waals surface area contributed by atoms with Gasteiger partial charge in [0.1, 0.15) is 0 Å². The average Bonchev–Trinajstić information content (AvgIpc) is 1.93. The van der Waals surface area contributed by atoms with E-state index in [2.05, 4.69) is 5.32 Å². The molecule has 1 saturated carbocycles. The van der Waals surface area contributed by atoms with Crippen LogP contribution in [0.5, 0.6) is 0 Å². The highest BCUT2D eigenvalue weighted by atomic mass is 19.3. The summed E-state index contributed by atoms with van der Waals surface area (Å²) in [5.41, 5.74) is 0. The molecule has 70 valence electrons. The van der Waals surface area contributed by atoms with Crippen LogP contribution in [-0.2, 0) is 0 Å². The third-order valence-electron chi connectivity index (χ3n) is 2.04. The van der Waals surface area contributed by atoms with Gasteiger partial charge < -0.3 is 10.4 Å². The second-order valence-electron chi connectivity index (χ2n) is 3.08. The maximum atomic E-state index is 12.5. The van der Waals surface area contributed by atoms with Crippen molar-refractivity contribution >= 4 is 6.09 Å². The Balaban J connectivity index is 2.31. The lowest BCUT2D eigenvalue weighted by Gasteiger charge is -2.27. The lowest BCUT2D eigenvalue weighted by atomic mass is 9.92. The second kappa shape index (κ2) is 3.25. The quantitative estimate of drug-likeness (QED) is 0.645. The van der Waals surface area contributed by atoms with Crippen LogP contribution in [0.4, 0.5) is 13.6 Å². The topological polar surface area (TPSA) is 49.3 Å². The summed E-state index contributed by atoms with van der Waals surface area (Å²) in [4.78, 5) is 10.1. The first-order chi connectivity index (χ1) is 5.49. The Morgan fingerprint density at radius 2 is 1.92 bits per heavy atom. The van der Waals surface area contributed by atoms with Crippen LogP contribution in [0.3, 0.4) is 0 Å². The second-order valence-corrected chi connectivity index (χ2v) is 3.08. The van der Waals surface area contributed by atoms with E-state index >= 15 is 0 Å². The third-order valence-corrected chi connectivity index (χ3v) is 2.04. The molecule has 5 heteroatoms. The monoisotopic (exact) mass is 179 g/mol. The molecule has 1 fully saturated rings. The zero-order valence-electron chi connectivity index (χ0n) is 6.52. The molecule has 1 aliphatic carbocycles. The number of nitrogens with one attached hydrogen (secondary N) is 1. The Morgan fingerprint density at radius 1 is 1.42 bits per heavy atom. The number of halogens is 2. The Kier molecular flexibility index (Phi) is 2.49. The van der Waals surface area contributed by atoms with Gasteiger partial charge in [0.25, 0.3) is 0 Å². The van der Waals surface area contributed by atoms with Gasteiger partial charge in [-0.1, -0.05) is 0 Å². The van der Waals surface area contributed by atoms with Crippen molar-refractivity contribution in [2.45, 2.75) is 37.6 Å². The van der Waals surface area contributed by atoms with Crippen molar-refractivity contribution in [2.24, 2.45) is 0 Å². The van der Waals surface area contributed by atoms with E-state index in [0.717, 1.165) is 0 Å². The van der Waals surface area contributed by atoms with E-state index in [1.807, 2.05) is 0 Å². The molecule has 0 aromatic heterocycles. The molecule has 0 saturated heterocycles. The zero-order chi connectivity index (χ0) is 9.19. The fourth-order valence-corrected chi connectivity index (χ4v) is 1.36. The summed E-state index contributed by atoms with van der Waals surface area (Å²) in [6, 6.07) is -0.290. The van der Waals surface area contributed by atoms with Crippen LogP contribution in [0, 0.1) is 0 Å². The molecule has 0 heterocycles. The molecular weight excluding hydrogens is 168 g/mol. The fourth-order valence-electron chi connectivity index (χ4n) is 1.36. The first-order valence-electron chi connectivity index (χ1n) is 3.87. The third kappa shape index (κ3) is 2.64. The van der Waals surface area contributed by atoms with Gasteiger partial charge in [0, 0.05) is 18.9 Å². The van der Waals surface area contributed by atoms with Crippen molar-refractivity contribution in [1.29, 1.82) is 0 Å². The summed E-state index contributed by atoms with van der Waals surface area (Å²) in [5.74, 6) is -2.59. The van der Waals surface area contributed by atoms with Gasteiger partial charge in [0.15, 0.2) is 0 Å². The van der Waals surface area contributed by atoms with E-state index in [4.69, 9.17) is 5.11 Å². The van der Waals surface area contributed by atoms with E-state index in [9.17, 15) is 13.6 Å². The summed E-state index contributed by atoms with van der Waals surface area (Å²) < 4.78 is 25.1. The van der Waals surface area contributed by atoms with Gasteiger partial charge in [-0.2, -0.15) is 0 Å². The standard InChI is InChI=1S/C7H11F2NO2/c8-7(9)3-1-5(2-4-7)10-6(11)12/h5,10H,1-4H2,(H,11,12). The minimum atomic E-state index is -2.59. The molecule has 0 aliphatic heterocycles. The van der Waals surface area contributed by atoms with Crippen LogP contribution in [0.15, 0.2) is 0 Å². The van der Waals surface area contributed by atoms with E-state index in [1.54, 1.807) is 0 Å². The molecule has 0 bridgehead atoms. The van der Waals surface area contributed by atoms with Gasteiger partial charge >= 0.3 is 6.09 Å². The van der Waals surface area contributed by atoms with Gasteiger partial charge in [0.2, 0.25) is 5.92 Å².